The van der Waals surface area contributed by atoms with E-state index in [0.29, 0.717) is 12.0 Å². The highest BCUT2D eigenvalue weighted by molar-refractivity contribution is 7.89. The summed E-state index contributed by atoms with van der Waals surface area (Å²) in [4.78, 5) is 9.49. The average Bonchev–Trinajstić information content (AvgIpc) is 2.60. The number of nitrogens with one attached hydrogen (secondary N) is 2. The van der Waals surface area contributed by atoms with Gasteiger partial charge in [0, 0.05) is 12.2 Å². The van der Waals surface area contributed by atoms with E-state index in [9.17, 15) is 8.42 Å². The third-order valence-corrected chi connectivity index (χ3v) is 5.54. The minimum absolute atomic E-state index is 0.112. The van der Waals surface area contributed by atoms with E-state index in [-0.39, 0.29) is 17.2 Å². The first-order chi connectivity index (χ1) is 12.4. The van der Waals surface area contributed by atoms with Crippen LogP contribution in [0.2, 0.25) is 0 Å². The molecule has 0 saturated heterocycles. The van der Waals surface area contributed by atoms with E-state index in [1.54, 1.807) is 13.0 Å². The Labute approximate surface area is 158 Å². The Bertz CT molecular complexity index is 646. The summed E-state index contributed by atoms with van der Waals surface area (Å²) >= 11 is 0. The van der Waals surface area contributed by atoms with Gasteiger partial charge in [0.15, 0.2) is 0 Å². The molecular weight excluding hydrogens is 352 g/mol. The van der Waals surface area contributed by atoms with Crippen LogP contribution in [0.15, 0.2) is 17.0 Å². The second-order valence-electron chi connectivity index (χ2n) is 6.13. The van der Waals surface area contributed by atoms with Gasteiger partial charge in [-0.25, -0.2) is 8.42 Å². The summed E-state index contributed by atoms with van der Waals surface area (Å²) in [5.41, 5.74) is 7.86. The van der Waals surface area contributed by atoms with Crippen LogP contribution in [0.1, 0.15) is 46.1 Å². The highest BCUT2D eigenvalue weighted by atomic mass is 32.2. The predicted molar refractivity (Wildman–Crippen MR) is 108 cm³/mol. The fourth-order valence-electron chi connectivity index (χ4n) is 2.85. The predicted octanol–water partition coefficient (Wildman–Crippen LogP) is 2.59. The molecule has 0 aromatic heterocycles. The second-order valence-corrected chi connectivity index (χ2v) is 7.71. The highest BCUT2D eigenvalue weighted by Crippen LogP contribution is 2.28. The number of aryl methyl sites for hydroxylation is 1. The molecule has 1 aromatic rings. The Morgan fingerprint density at radius 2 is 1.85 bits per heavy atom. The Balaban J connectivity index is 2.91. The zero-order valence-electron chi connectivity index (χ0n) is 16.5. The molecule has 0 spiro atoms. The summed E-state index contributed by atoms with van der Waals surface area (Å²) in [6, 6.07) is 3.55. The standard InChI is InChI=1S/C18H34N4O3S/c1-5-10-15-13-16(20-11-9-12-22(6-2)7-3)14-17(19)18(15)26(23,24)21-25-8-4/h13-14,20-21H,5-12,19H2,1-4H3. The van der Waals surface area contributed by atoms with Gasteiger partial charge in [-0.2, -0.15) is 0 Å². The van der Waals surface area contributed by atoms with Crippen LogP contribution in [0.4, 0.5) is 11.4 Å². The molecule has 0 radical (unpaired) electrons. The lowest BCUT2D eigenvalue weighted by Gasteiger charge is -2.19. The van der Waals surface area contributed by atoms with Gasteiger partial charge in [-0.1, -0.05) is 32.1 Å². The molecule has 26 heavy (non-hydrogen) atoms. The molecule has 0 heterocycles. The molecule has 1 aromatic carbocycles. The van der Waals surface area contributed by atoms with E-state index < -0.39 is 10.0 Å². The van der Waals surface area contributed by atoms with Gasteiger partial charge in [0.05, 0.1) is 12.3 Å². The molecule has 0 amide bonds. The van der Waals surface area contributed by atoms with E-state index in [4.69, 9.17) is 10.6 Å². The molecular formula is C18H34N4O3S. The molecule has 150 valence electrons. The summed E-state index contributed by atoms with van der Waals surface area (Å²) < 4.78 is 25.0. The molecule has 1 rings (SSSR count). The fourth-order valence-corrected chi connectivity index (χ4v) is 4.08. The van der Waals surface area contributed by atoms with E-state index in [0.717, 1.165) is 44.7 Å². The van der Waals surface area contributed by atoms with Gasteiger partial charge in [-0.15, -0.1) is 0 Å². The Hall–Kier alpha value is -1.35. The molecule has 8 heteroatoms. The lowest BCUT2D eigenvalue weighted by molar-refractivity contribution is 0.105. The molecule has 7 nitrogen and oxygen atoms in total. The van der Waals surface area contributed by atoms with Crippen molar-refractivity contribution >= 4 is 21.4 Å². The number of hydrogen-bond acceptors (Lipinski definition) is 6. The largest absolute Gasteiger partial charge is 0.398 e. The molecule has 0 aliphatic rings. The summed E-state index contributed by atoms with van der Waals surface area (Å²) in [7, 11) is -3.80. The zero-order chi connectivity index (χ0) is 19.6. The van der Waals surface area contributed by atoms with Gasteiger partial charge in [0.25, 0.3) is 10.0 Å². The number of sulfonamides is 1. The number of hydrogen-bond donors (Lipinski definition) is 3. The number of nitrogens with zero attached hydrogens (tertiary/aromatic N) is 1. The monoisotopic (exact) mass is 386 g/mol. The van der Waals surface area contributed by atoms with Crippen LogP contribution in [0.25, 0.3) is 0 Å². The smallest absolute Gasteiger partial charge is 0.264 e. The van der Waals surface area contributed by atoms with E-state index in [1.807, 2.05) is 13.0 Å². The maximum atomic E-state index is 12.5. The molecule has 0 aliphatic carbocycles. The zero-order valence-corrected chi connectivity index (χ0v) is 17.3. The minimum atomic E-state index is -3.80. The van der Waals surface area contributed by atoms with Crippen molar-refractivity contribution in [3.8, 4) is 0 Å². The van der Waals surface area contributed by atoms with Crippen molar-refractivity contribution in [3.05, 3.63) is 17.7 Å². The summed E-state index contributed by atoms with van der Waals surface area (Å²) in [5.74, 6) is 0. The number of rotatable bonds is 13. The quantitative estimate of drug-likeness (QED) is 0.274. The Kier molecular flexibility index (Phi) is 9.93. The van der Waals surface area contributed by atoms with Gasteiger partial charge in [0.2, 0.25) is 0 Å². The van der Waals surface area contributed by atoms with Crippen LogP contribution >= 0.6 is 0 Å². The number of anilines is 2. The number of benzene rings is 1. The van der Waals surface area contributed by atoms with Gasteiger partial charge in [-0.05, 0) is 57.1 Å². The maximum absolute atomic E-state index is 12.5. The normalized spacial score (nSPS) is 11.9. The van der Waals surface area contributed by atoms with Gasteiger partial charge in [-0.3, -0.25) is 4.84 Å². The molecule has 4 N–H and O–H groups in total. The Morgan fingerprint density at radius 3 is 2.42 bits per heavy atom. The first-order valence-corrected chi connectivity index (χ1v) is 10.9. The van der Waals surface area contributed by atoms with Crippen LogP contribution in [-0.4, -0.2) is 46.1 Å². The summed E-state index contributed by atoms with van der Waals surface area (Å²) in [5, 5.41) is 3.36. The lowest BCUT2D eigenvalue weighted by atomic mass is 10.1. The van der Waals surface area contributed by atoms with E-state index in [2.05, 4.69) is 28.9 Å². The topological polar surface area (TPSA) is 96.7 Å². The first kappa shape index (κ1) is 22.7. The molecule has 0 aliphatic heterocycles. The van der Waals surface area contributed by atoms with Crippen LogP contribution in [0.3, 0.4) is 0 Å². The van der Waals surface area contributed by atoms with Crippen molar-refractivity contribution in [3.63, 3.8) is 0 Å². The van der Waals surface area contributed by atoms with Crippen LogP contribution in [-0.2, 0) is 21.3 Å². The summed E-state index contributed by atoms with van der Waals surface area (Å²) in [6.07, 6.45) is 2.46. The van der Waals surface area contributed by atoms with Crippen LogP contribution in [0.5, 0.6) is 0 Å². The van der Waals surface area contributed by atoms with Gasteiger partial charge < -0.3 is 16.0 Å². The van der Waals surface area contributed by atoms with Crippen molar-refractivity contribution in [2.45, 2.75) is 51.9 Å². The number of nitrogen functional groups attached to an aromatic ring is 1. The summed E-state index contributed by atoms with van der Waals surface area (Å²) in [6.45, 7) is 12.2. The Morgan fingerprint density at radius 1 is 1.15 bits per heavy atom. The first-order valence-electron chi connectivity index (χ1n) is 9.41. The van der Waals surface area contributed by atoms with Crippen molar-refractivity contribution < 1.29 is 13.3 Å². The average molecular weight is 387 g/mol. The maximum Gasteiger partial charge on any atom is 0.264 e. The minimum Gasteiger partial charge on any atom is -0.398 e. The van der Waals surface area contributed by atoms with Gasteiger partial charge >= 0.3 is 0 Å². The van der Waals surface area contributed by atoms with Crippen molar-refractivity contribution in [2.24, 2.45) is 0 Å². The third-order valence-electron chi connectivity index (χ3n) is 4.17. The van der Waals surface area contributed by atoms with Crippen LogP contribution < -0.4 is 15.9 Å². The molecule has 0 atom stereocenters. The van der Waals surface area contributed by atoms with Crippen molar-refractivity contribution in [2.75, 3.05) is 43.8 Å². The van der Waals surface area contributed by atoms with E-state index in [1.165, 1.54) is 0 Å². The fraction of sp³-hybridized carbons (Fsp3) is 0.667. The molecule has 0 saturated carbocycles. The van der Waals surface area contributed by atoms with E-state index >= 15 is 0 Å². The van der Waals surface area contributed by atoms with Crippen molar-refractivity contribution in [1.82, 2.24) is 9.79 Å². The SMILES string of the molecule is CCCc1cc(NCCCN(CC)CC)cc(N)c1S(=O)(=O)NOCC. The number of nitrogens with two attached hydrogens (primary N) is 1. The highest BCUT2D eigenvalue weighted by Gasteiger charge is 2.22. The lowest BCUT2D eigenvalue weighted by Crippen LogP contribution is -2.26. The molecule has 0 fully saturated rings. The third kappa shape index (κ3) is 6.75. The van der Waals surface area contributed by atoms with Gasteiger partial charge in [0.1, 0.15) is 4.90 Å². The van der Waals surface area contributed by atoms with Crippen LogP contribution in [0, 0.1) is 0 Å². The van der Waals surface area contributed by atoms with Crippen molar-refractivity contribution in [1.29, 1.82) is 0 Å². The second kappa shape index (κ2) is 11.4. The molecule has 0 unspecified atom stereocenters. The molecule has 0 bridgehead atoms.